The van der Waals surface area contributed by atoms with Crippen LogP contribution in [0.5, 0.6) is 0 Å². The molecule has 0 atom stereocenters. The first-order valence-corrected chi connectivity index (χ1v) is 5.47. The third-order valence-corrected chi connectivity index (χ3v) is 3.38. The summed E-state index contributed by atoms with van der Waals surface area (Å²) in [4.78, 5) is 0. The highest BCUT2D eigenvalue weighted by Crippen LogP contribution is 2.38. The maximum absolute atomic E-state index is 6.13. The molecule has 0 bridgehead atoms. The highest BCUT2D eigenvalue weighted by Gasteiger charge is 2.25. The van der Waals surface area contributed by atoms with E-state index in [2.05, 4.69) is 26.8 Å². The van der Waals surface area contributed by atoms with E-state index in [-0.39, 0.29) is 5.41 Å². The Morgan fingerprint density at radius 1 is 1.07 bits per heavy atom. The molecule has 0 aromatic heterocycles. The lowest BCUT2D eigenvalue weighted by Gasteiger charge is -2.28. The highest BCUT2D eigenvalue weighted by atomic mass is 14.7. The fourth-order valence-corrected chi connectivity index (χ4v) is 1.93. The minimum atomic E-state index is 0.0466. The SMILES string of the molecule is CCC(C)(C)c1c(N)c(C)cc(C)c1N. The Morgan fingerprint density at radius 3 is 1.80 bits per heavy atom. The van der Waals surface area contributed by atoms with Crippen molar-refractivity contribution in [2.45, 2.75) is 46.5 Å². The lowest BCUT2D eigenvalue weighted by atomic mass is 9.78. The van der Waals surface area contributed by atoms with E-state index in [1.54, 1.807) is 0 Å². The van der Waals surface area contributed by atoms with Gasteiger partial charge in [0, 0.05) is 16.9 Å². The zero-order chi connectivity index (χ0) is 11.8. The summed E-state index contributed by atoms with van der Waals surface area (Å²) in [5.41, 5.74) is 17.4. The van der Waals surface area contributed by atoms with Gasteiger partial charge in [-0.3, -0.25) is 0 Å². The molecular formula is C13H22N2. The molecule has 15 heavy (non-hydrogen) atoms. The molecule has 1 rings (SSSR count). The average molecular weight is 206 g/mol. The number of anilines is 2. The van der Waals surface area contributed by atoms with Gasteiger partial charge in [-0.05, 0) is 36.8 Å². The zero-order valence-electron chi connectivity index (χ0n) is 10.4. The molecule has 0 aliphatic carbocycles. The van der Waals surface area contributed by atoms with Gasteiger partial charge in [-0.2, -0.15) is 0 Å². The summed E-state index contributed by atoms with van der Waals surface area (Å²) in [5, 5.41) is 0. The Morgan fingerprint density at radius 2 is 1.47 bits per heavy atom. The first-order valence-electron chi connectivity index (χ1n) is 5.47. The minimum absolute atomic E-state index is 0.0466. The van der Waals surface area contributed by atoms with E-state index in [1.807, 2.05) is 13.8 Å². The number of nitrogen functional groups attached to an aromatic ring is 2. The Labute approximate surface area is 92.7 Å². The molecule has 0 aliphatic heterocycles. The van der Waals surface area contributed by atoms with E-state index in [9.17, 15) is 0 Å². The summed E-state index contributed by atoms with van der Waals surface area (Å²) < 4.78 is 0. The summed E-state index contributed by atoms with van der Waals surface area (Å²) in [5.74, 6) is 0. The van der Waals surface area contributed by atoms with Crippen molar-refractivity contribution in [3.05, 3.63) is 22.8 Å². The van der Waals surface area contributed by atoms with Gasteiger partial charge in [-0.15, -0.1) is 0 Å². The van der Waals surface area contributed by atoms with Crippen molar-refractivity contribution in [2.75, 3.05) is 11.5 Å². The van der Waals surface area contributed by atoms with Crippen LogP contribution in [0.1, 0.15) is 43.9 Å². The quantitative estimate of drug-likeness (QED) is 0.730. The number of hydrogen-bond acceptors (Lipinski definition) is 2. The van der Waals surface area contributed by atoms with E-state index in [1.165, 1.54) is 0 Å². The van der Waals surface area contributed by atoms with Gasteiger partial charge in [0.15, 0.2) is 0 Å². The first kappa shape index (κ1) is 11.9. The van der Waals surface area contributed by atoms with Crippen molar-refractivity contribution in [3.63, 3.8) is 0 Å². The molecule has 0 fully saturated rings. The van der Waals surface area contributed by atoms with Gasteiger partial charge in [-0.25, -0.2) is 0 Å². The van der Waals surface area contributed by atoms with Crippen molar-refractivity contribution in [1.29, 1.82) is 0 Å². The molecule has 84 valence electrons. The molecular weight excluding hydrogens is 184 g/mol. The second-order valence-electron chi connectivity index (χ2n) is 4.95. The number of nitrogens with two attached hydrogens (primary N) is 2. The minimum Gasteiger partial charge on any atom is -0.398 e. The van der Waals surface area contributed by atoms with Crippen LogP contribution < -0.4 is 11.5 Å². The van der Waals surface area contributed by atoms with Crippen LogP contribution >= 0.6 is 0 Å². The van der Waals surface area contributed by atoms with Crippen LogP contribution in [0.3, 0.4) is 0 Å². The predicted molar refractivity (Wildman–Crippen MR) is 68.1 cm³/mol. The molecule has 0 unspecified atom stereocenters. The van der Waals surface area contributed by atoms with Gasteiger partial charge in [-0.1, -0.05) is 26.8 Å². The Balaban J connectivity index is 3.53. The maximum atomic E-state index is 6.13. The lowest BCUT2D eigenvalue weighted by molar-refractivity contribution is 0.509. The number of rotatable bonds is 2. The number of aryl methyl sites for hydroxylation is 2. The molecule has 2 heteroatoms. The van der Waals surface area contributed by atoms with Crippen LogP contribution in [0.15, 0.2) is 6.07 Å². The summed E-state index contributed by atoms with van der Waals surface area (Å²) >= 11 is 0. The molecule has 0 saturated heterocycles. The molecule has 0 heterocycles. The summed E-state index contributed by atoms with van der Waals surface area (Å²) in [6.45, 7) is 10.6. The first-order chi connectivity index (χ1) is 6.81. The molecule has 0 aliphatic rings. The largest absolute Gasteiger partial charge is 0.398 e. The van der Waals surface area contributed by atoms with Crippen LogP contribution in [0.4, 0.5) is 11.4 Å². The molecule has 0 amide bonds. The molecule has 1 aromatic carbocycles. The molecule has 0 saturated carbocycles. The van der Waals surface area contributed by atoms with Gasteiger partial charge in [0.1, 0.15) is 0 Å². The molecule has 4 N–H and O–H groups in total. The van der Waals surface area contributed by atoms with Gasteiger partial charge in [0.2, 0.25) is 0 Å². The molecule has 2 nitrogen and oxygen atoms in total. The average Bonchev–Trinajstić information content (AvgIpc) is 2.15. The monoisotopic (exact) mass is 206 g/mol. The van der Waals surface area contributed by atoms with E-state index in [0.29, 0.717) is 0 Å². The second kappa shape index (κ2) is 3.76. The van der Waals surface area contributed by atoms with Crippen LogP contribution in [-0.4, -0.2) is 0 Å². The van der Waals surface area contributed by atoms with Crippen LogP contribution in [0, 0.1) is 13.8 Å². The summed E-state index contributed by atoms with van der Waals surface area (Å²) in [6, 6.07) is 2.06. The normalized spacial score (nSPS) is 11.8. The zero-order valence-corrected chi connectivity index (χ0v) is 10.4. The fourth-order valence-electron chi connectivity index (χ4n) is 1.93. The molecule has 0 radical (unpaired) electrons. The van der Waals surface area contributed by atoms with Crippen LogP contribution in [-0.2, 0) is 5.41 Å². The standard InChI is InChI=1S/C13H22N2/c1-6-13(4,5)10-11(14)8(2)7-9(3)12(10)15/h7H,6,14-15H2,1-5H3. The number of benzene rings is 1. The topological polar surface area (TPSA) is 52.0 Å². The van der Waals surface area contributed by atoms with E-state index in [4.69, 9.17) is 11.5 Å². The van der Waals surface area contributed by atoms with Gasteiger partial charge < -0.3 is 11.5 Å². The molecule has 0 spiro atoms. The van der Waals surface area contributed by atoms with Crippen molar-refractivity contribution >= 4 is 11.4 Å². The van der Waals surface area contributed by atoms with Crippen molar-refractivity contribution in [1.82, 2.24) is 0 Å². The third-order valence-electron chi connectivity index (χ3n) is 3.38. The maximum Gasteiger partial charge on any atom is 0.0402 e. The summed E-state index contributed by atoms with van der Waals surface area (Å²) in [6.07, 6.45) is 1.03. The van der Waals surface area contributed by atoms with E-state index < -0.39 is 0 Å². The predicted octanol–water partition coefficient (Wildman–Crippen LogP) is 3.16. The highest BCUT2D eigenvalue weighted by molar-refractivity contribution is 5.70. The fraction of sp³-hybridized carbons (Fsp3) is 0.538. The van der Waals surface area contributed by atoms with Gasteiger partial charge in [0.25, 0.3) is 0 Å². The Bertz CT molecular complexity index is 352. The second-order valence-corrected chi connectivity index (χ2v) is 4.95. The van der Waals surface area contributed by atoms with Gasteiger partial charge >= 0.3 is 0 Å². The summed E-state index contributed by atoms with van der Waals surface area (Å²) in [7, 11) is 0. The Kier molecular flexibility index (Phi) is 2.98. The smallest absolute Gasteiger partial charge is 0.0402 e. The van der Waals surface area contributed by atoms with E-state index >= 15 is 0 Å². The van der Waals surface area contributed by atoms with Crippen LogP contribution in [0.2, 0.25) is 0 Å². The van der Waals surface area contributed by atoms with Gasteiger partial charge in [0.05, 0.1) is 0 Å². The van der Waals surface area contributed by atoms with Crippen molar-refractivity contribution in [3.8, 4) is 0 Å². The number of hydrogen-bond donors (Lipinski definition) is 2. The van der Waals surface area contributed by atoms with E-state index in [0.717, 1.165) is 34.5 Å². The lowest BCUT2D eigenvalue weighted by Crippen LogP contribution is -2.21. The molecule has 1 aromatic rings. The van der Waals surface area contributed by atoms with Crippen LogP contribution in [0.25, 0.3) is 0 Å². The third kappa shape index (κ3) is 1.94. The van der Waals surface area contributed by atoms with Crippen molar-refractivity contribution in [2.24, 2.45) is 0 Å². The van der Waals surface area contributed by atoms with Crippen molar-refractivity contribution < 1.29 is 0 Å². The Hall–Kier alpha value is -1.18.